The molecule has 0 radical (unpaired) electrons. The Morgan fingerprint density at radius 2 is 2.15 bits per heavy atom. The summed E-state index contributed by atoms with van der Waals surface area (Å²) >= 11 is 0. The van der Waals surface area contributed by atoms with Gasteiger partial charge < -0.3 is 19.7 Å². The van der Waals surface area contributed by atoms with Crippen molar-refractivity contribution in [3.8, 4) is 0 Å². The molecule has 0 bridgehead atoms. The Labute approximate surface area is 123 Å². The lowest BCUT2D eigenvalue weighted by Crippen LogP contribution is -2.41. The molecule has 1 amide bonds. The van der Waals surface area contributed by atoms with Crippen LogP contribution in [0.1, 0.15) is 47.0 Å². The SMILES string of the molecule is COCC(C)NCCC1CCCN1C(=O)OC(C)(C)C. The quantitative estimate of drug-likeness (QED) is 0.814. The molecule has 2 atom stereocenters. The van der Waals surface area contributed by atoms with Crippen LogP contribution in [0.15, 0.2) is 0 Å². The third-order valence-electron chi connectivity index (χ3n) is 3.39. The van der Waals surface area contributed by atoms with E-state index in [1.165, 1.54) is 0 Å². The van der Waals surface area contributed by atoms with Crippen molar-refractivity contribution >= 4 is 6.09 Å². The van der Waals surface area contributed by atoms with E-state index >= 15 is 0 Å². The first-order valence-corrected chi connectivity index (χ1v) is 7.55. The summed E-state index contributed by atoms with van der Waals surface area (Å²) in [5.74, 6) is 0. The second kappa shape index (κ2) is 7.84. The predicted molar refractivity (Wildman–Crippen MR) is 79.9 cm³/mol. The second-order valence-corrected chi connectivity index (χ2v) is 6.57. The zero-order valence-electron chi connectivity index (χ0n) is 13.6. The van der Waals surface area contributed by atoms with Crippen LogP contribution in [-0.4, -0.2) is 55.5 Å². The third-order valence-corrected chi connectivity index (χ3v) is 3.39. The minimum atomic E-state index is -0.421. The second-order valence-electron chi connectivity index (χ2n) is 6.57. The zero-order valence-corrected chi connectivity index (χ0v) is 13.6. The number of amides is 1. The van der Waals surface area contributed by atoms with Crippen molar-refractivity contribution in [3.05, 3.63) is 0 Å². The van der Waals surface area contributed by atoms with Gasteiger partial charge in [0.25, 0.3) is 0 Å². The highest BCUT2D eigenvalue weighted by molar-refractivity contribution is 5.68. The fraction of sp³-hybridized carbons (Fsp3) is 0.933. The van der Waals surface area contributed by atoms with Gasteiger partial charge in [-0.25, -0.2) is 4.79 Å². The van der Waals surface area contributed by atoms with Gasteiger partial charge in [0.1, 0.15) is 5.60 Å². The molecule has 1 aliphatic heterocycles. The van der Waals surface area contributed by atoms with Crippen molar-refractivity contribution < 1.29 is 14.3 Å². The number of rotatable bonds is 6. The van der Waals surface area contributed by atoms with Crippen molar-refractivity contribution in [3.63, 3.8) is 0 Å². The van der Waals surface area contributed by atoms with Gasteiger partial charge in [-0.05, 0) is 53.5 Å². The normalized spacial score (nSPS) is 21.1. The van der Waals surface area contributed by atoms with Crippen molar-refractivity contribution in [2.45, 2.75) is 64.6 Å². The lowest BCUT2D eigenvalue weighted by atomic mass is 10.1. The van der Waals surface area contributed by atoms with Crippen LogP contribution in [0.25, 0.3) is 0 Å². The Bertz CT molecular complexity index is 302. The highest BCUT2D eigenvalue weighted by Gasteiger charge is 2.31. The highest BCUT2D eigenvalue weighted by atomic mass is 16.6. The molecule has 0 saturated carbocycles. The topological polar surface area (TPSA) is 50.8 Å². The minimum absolute atomic E-state index is 0.176. The molecule has 1 aliphatic rings. The largest absolute Gasteiger partial charge is 0.444 e. The van der Waals surface area contributed by atoms with Gasteiger partial charge >= 0.3 is 6.09 Å². The Balaban J connectivity index is 2.35. The van der Waals surface area contributed by atoms with Crippen LogP contribution in [0.2, 0.25) is 0 Å². The molecule has 0 aromatic heterocycles. The maximum atomic E-state index is 12.1. The number of ether oxygens (including phenoxy) is 2. The molecule has 1 heterocycles. The van der Waals surface area contributed by atoms with E-state index in [-0.39, 0.29) is 6.09 Å². The Kier molecular flexibility index (Phi) is 6.76. The first-order valence-electron chi connectivity index (χ1n) is 7.55. The highest BCUT2D eigenvalue weighted by Crippen LogP contribution is 2.22. The van der Waals surface area contributed by atoms with E-state index in [1.807, 2.05) is 25.7 Å². The fourth-order valence-corrected chi connectivity index (χ4v) is 2.50. The summed E-state index contributed by atoms with van der Waals surface area (Å²) in [6, 6.07) is 0.642. The number of hydrogen-bond acceptors (Lipinski definition) is 4. The predicted octanol–water partition coefficient (Wildman–Crippen LogP) is 2.40. The minimum Gasteiger partial charge on any atom is -0.444 e. The summed E-state index contributed by atoms with van der Waals surface area (Å²) in [6.07, 6.45) is 2.93. The van der Waals surface area contributed by atoms with Gasteiger partial charge in [-0.1, -0.05) is 0 Å². The van der Waals surface area contributed by atoms with Crippen LogP contribution >= 0.6 is 0 Å². The van der Waals surface area contributed by atoms with E-state index in [2.05, 4.69) is 12.2 Å². The lowest BCUT2D eigenvalue weighted by molar-refractivity contribution is 0.0220. The van der Waals surface area contributed by atoms with Crippen LogP contribution < -0.4 is 5.32 Å². The standard InChI is InChI=1S/C15H30N2O3/c1-12(11-19-5)16-9-8-13-7-6-10-17(13)14(18)20-15(2,3)4/h12-13,16H,6-11H2,1-5H3. The molecule has 1 rings (SSSR count). The molecule has 1 fully saturated rings. The number of methoxy groups -OCH3 is 1. The van der Waals surface area contributed by atoms with Gasteiger partial charge in [-0.3, -0.25) is 0 Å². The maximum Gasteiger partial charge on any atom is 0.410 e. The molecule has 5 heteroatoms. The Hall–Kier alpha value is -0.810. The Morgan fingerprint density at radius 3 is 2.75 bits per heavy atom. The van der Waals surface area contributed by atoms with Gasteiger partial charge in [-0.2, -0.15) is 0 Å². The van der Waals surface area contributed by atoms with Crippen molar-refractivity contribution in [1.29, 1.82) is 0 Å². The number of carbonyl (C=O) groups is 1. The molecular formula is C15H30N2O3. The molecule has 1 saturated heterocycles. The molecule has 5 nitrogen and oxygen atoms in total. The fourth-order valence-electron chi connectivity index (χ4n) is 2.50. The maximum absolute atomic E-state index is 12.1. The number of carbonyl (C=O) groups excluding carboxylic acids is 1. The molecule has 0 aliphatic carbocycles. The number of nitrogens with one attached hydrogen (secondary N) is 1. The smallest absolute Gasteiger partial charge is 0.410 e. The van der Waals surface area contributed by atoms with Crippen LogP contribution in [0.4, 0.5) is 4.79 Å². The summed E-state index contributed by atoms with van der Waals surface area (Å²) in [5, 5.41) is 3.41. The molecule has 2 unspecified atom stereocenters. The Morgan fingerprint density at radius 1 is 1.45 bits per heavy atom. The zero-order chi connectivity index (χ0) is 15.2. The van der Waals surface area contributed by atoms with Crippen molar-refractivity contribution in [1.82, 2.24) is 10.2 Å². The first-order chi connectivity index (χ1) is 9.33. The van der Waals surface area contributed by atoms with Gasteiger partial charge in [0.05, 0.1) is 6.61 Å². The van der Waals surface area contributed by atoms with Crippen LogP contribution in [0, 0.1) is 0 Å². The molecule has 0 aromatic rings. The van der Waals surface area contributed by atoms with E-state index in [9.17, 15) is 4.79 Å². The average molecular weight is 286 g/mol. The number of likely N-dealkylation sites (tertiary alicyclic amines) is 1. The molecule has 0 spiro atoms. The summed E-state index contributed by atoms with van der Waals surface area (Å²) in [7, 11) is 1.71. The van der Waals surface area contributed by atoms with E-state index in [0.717, 1.165) is 32.4 Å². The summed E-state index contributed by atoms with van der Waals surface area (Å²) in [4.78, 5) is 14.0. The third kappa shape index (κ3) is 6.09. The van der Waals surface area contributed by atoms with Crippen molar-refractivity contribution in [2.75, 3.05) is 26.8 Å². The number of hydrogen-bond donors (Lipinski definition) is 1. The average Bonchev–Trinajstić information content (AvgIpc) is 2.75. The summed E-state index contributed by atoms with van der Waals surface area (Å²) < 4.78 is 10.6. The summed E-state index contributed by atoms with van der Waals surface area (Å²) in [5.41, 5.74) is -0.421. The van der Waals surface area contributed by atoms with Gasteiger partial charge in [0.15, 0.2) is 0 Å². The monoisotopic (exact) mass is 286 g/mol. The molecule has 1 N–H and O–H groups in total. The number of nitrogens with zero attached hydrogens (tertiary/aromatic N) is 1. The van der Waals surface area contributed by atoms with Crippen LogP contribution in [0.5, 0.6) is 0 Å². The van der Waals surface area contributed by atoms with E-state index in [0.29, 0.717) is 18.7 Å². The lowest BCUT2D eigenvalue weighted by Gasteiger charge is -2.29. The van der Waals surface area contributed by atoms with Crippen LogP contribution in [-0.2, 0) is 9.47 Å². The first kappa shape index (κ1) is 17.2. The van der Waals surface area contributed by atoms with E-state index in [4.69, 9.17) is 9.47 Å². The van der Waals surface area contributed by atoms with Crippen molar-refractivity contribution in [2.24, 2.45) is 0 Å². The summed E-state index contributed by atoms with van der Waals surface area (Å²) in [6.45, 7) is 10.2. The van der Waals surface area contributed by atoms with Gasteiger partial charge in [0.2, 0.25) is 0 Å². The van der Waals surface area contributed by atoms with Gasteiger partial charge in [-0.15, -0.1) is 0 Å². The van der Waals surface area contributed by atoms with Crippen LogP contribution in [0.3, 0.4) is 0 Å². The van der Waals surface area contributed by atoms with Gasteiger partial charge in [0, 0.05) is 25.7 Å². The van der Waals surface area contributed by atoms with E-state index in [1.54, 1.807) is 7.11 Å². The molecule has 0 aromatic carbocycles. The van der Waals surface area contributed by atoms with E-state index < -0.39 is 5.60 Å². The molecule has 118 valence electrons. The molecule has 20 heavy (non-hydrogen) atoms. The molecular weight excluding hydrogens is 256 g/mol.